The summed E-state index contributed by atoms with van der Waals surface area (Å²) >= 11 is 0. The monoisotopic (exact) mass is 257 g/mol. The average Bonchev–Trinajstić information content (AvgIpc) is 2.46. The maximum atomic E-state index is 12.0. The largest absolute Gasteiger partial charge is 0.370 e. The zero-order chi connectivity index (χ0) is 13.7. The van der Waals surface area contributed by atoms with Crippen LogP contribution < -0.4 is 0 Å². The Morgan fingerprint density at radius 2 is 2.00 bits per heavy atom. The van der Waals surface area contributed by atoms with E-state index >= 15 is 0 Å². The van der Waals surface area contributed by atoms with Crippen molar-refractivity contribution < 1.29 is 9.53 Å². The number of carbonyl (C=O) groups is 1. The van der Waals surface area contributed by atoms with Gasteiger partial charge in [-0.2, -0.15) is 5.26 Å². The van der Waals surface area contributed by atoms with Crippen molar-refractivity contribution >= 4 is 5.78 Å². The fourth-order valence-corrected chi connectivity index (χ4v) is 2.53. The molecule has 3 heteroatoms. The molecule has 100 valence electrons. The highest BCUT2D eigenvalue weighted by Gasteiger charge is 2.22. The third-order valence-corrected chi connectivity index (χ3v) is 3.80. The van der Waals surface area contributed by atoms with Crippen molar-refractivity contribution in [1.82, 2.24) is 0 Å². The van der Waals surface area contributed by atoms with Crippen molar-refractivity contribution in [3.05, 3.63) is 35.4 Å². The van der Waals surface area contributed by atoms with Gasteiger partial charge in [0.15, 0.2) is 5.78 Å². The molecule has 0 radical (unpaired) electrons. The van der Waals surface area contributed by atoms with Crippen LogP contribution in [0.25, 0.3) is 0 Å². The molecule has 0 bridgehead atoms. The number of rotatable bonds is 4. The molecule has 2 rings (SSSR count). The SMILES string of the molecule is CC1CCCCC1OCC(=O)c1ccc(C#N)cc1. The summed E-state index contributed by atoms with van der Waals surface area (Å²) in [6, 6.07) is 8.74. The van der Waals surface area contributed by atoms with Gasteiger partial charge >= 0.3 is 0 Å². The van der Waals surface area contributed by atoms with Gasteiger partial charge in [-0.25, -0.2) is 0 Å². The lowest BCUT2D eigenvalue weighted by atomic mass is 9.88. The maximum absolute atomic E-state index is 12.0. The summed E-state index contributed by atoms with van der Waals surface area (Å²) in [5.74, 6) is 0.532. The predicted octanol–water partition coefficient (Wildman–Crippen LogP) is 3.34. The van der Waals surface area contributed by atoms with Crippen molar-refractivity contribution in [2.24, 2.45) is 5.92 Å². The first-order valence-corrected chi connectivity index (χ1v) is 6.85. The smallest absolute Gasteiger partial charge is 0.188 e. The highest BCUT2D eigenvalue weighted by Crippen LogP contribution is 2.26. The third-order valence-electron chi connectivity index (χ3n) is 3.80. The van der Waals surface area contributed by atoms with E-state index in [2.05, 4.69) is 6.92 Å². The summed E-state index contributed by atoms with van der Waals surface area (Å²) in [6.07, 6.45) is 4.93. The number of hydrogen-bond acceptors (Lipinski definition) is 3. The van der Waals surface area contributed by atoms with Gasteiger partial charge < -0.3 is 4.74 Å². The van der Waals surface area contributed by atoms with Gasteiger partial charge in [-0.3, -0.25) is 4.79 Å². The Hall–Kier alpha value is -1.66. The summed E-state index contributed by atoms with van der Waals surface area (Å²) in [7, 11) is 0. The van der Waals surface area contributed by atoms with Crippen LogP contribution in [0.2, 0.25) is 0 Å². The summed E-state index contributed by atoms with van der Waals surface area (Å²) in [5, 5.41) is 8.71. The Labute approximate surface area is 114 Å². The van der Waals surface area contributed by atoms with Gasteiger partial charge in [0.25, 0.3) is 0 Å². The Morgan fingerprint density at radius 1 is 1.32 bits per heavy atom. The van der Waals surface area contributed by atoms with E-state index in [9.17, 15) is 4.79 Å². The minimum Gasteiger partial charge on any atom is -0.370 e. The summed E-state index contributed by atoms with van der Waals surface area (Å²) in [6.45, 7) is 2.33. The number of ketones is 1. The van der Waals surface area contributed by atoms with Crippen LogP contribution in [0.1, 0.15) is 48.5 Å². The predicted molar refractivity (Wildman–Crippen MR) is 72.9 cm³/mol. The number of hydrogen-bond donors (Lipinski definition) is 0. The third kappa shape index (κ3) is 3.65. The fourth-order valence-electron chi connectivity index (χ4n) is 2.53. The standard InChI is InChI=1S/C16H19NO2/c1-12-4-2-3-5-16(12)19-11-15(18)14-8-6-13(10-17)7-9-14/h6-9,12,16H,2-5,11H2,1H3. The van der Waals surface area contributed by atoms with Crippen molar-refractivity contribution in [2.45, 2.75) is 38.7 Å². The zero-order valence-electron chi connectivity index (χ0n) is 11.3. The molecule has 2 atom stereocenters. The highest BCUT2D eigenvalue weighted by atomic mass is 16.5. The molecule has 0 aliphatic heterocycles. The first-order chi connectivity index (χ1) is 9.20. The van der Waals surface area contributed by atoms with Crippen molar-refractivity contribution in [3.8, 4) is 6.07 Å². The number of carbonyl (C=O) groups excluding carboxylic acids is 1. The van der Waals surface area contributed by atoms with Gasteiger partial charge in [0.1, 0.15) is 6.61 Å². The Balaban J connectivity index is 1.88. The fraction of sp³-hybridized carbons (Fsp3) is 0.500. The van der Waals surface area contributed by atoms with E-state index in [0.29, 0.717) is 17.0 Å². The molecule has 1 aliphatic carbocycles. The maximum Gasteiger partial charge on any atom is 0.188 e. The second kappa shape index (κ2) is 6.49. The highest BCUT2D eigenvalue weighted by molar-refractivity contribution is 5.97. The molecule has 1 fully saturated rings. The molecule has 1 aromatic rings. The van der Waals surface area contributed by atoms with Gasteiger partial charge in [0, 0.05) is 5.56 Å². The molecule has 1 aromatic carbocycles. The van der Waals surface area contributed by atoms with Crippen LogP contribution in [0.15, 0.2) is 24.3 Å². The minimum absolute atomic E-state index is 0.0118. The van der Waals surface area contributed by atoms with Crippen LogP contribution in [0, 0.1) is 17.2 Å². The second-order valence-electron chi connectivity index (χ2n) is 5.22. The van der Waals surface area contributed by atoms with Crippen LogP contribution in [0.5, 0.6) is 0 Å². The van der Waals surface area contributed by atoms with E-state index in [4.69, 9.17) is 10.00 Å². The summed E-state index contributed by atoms with van der Waals surface area (Å²) in [4.78, 5) is 12.0. The van der Waals surface area contributed by atoms with Crippen LogP contribution in [0.4, 0.5) is 0 Å². The van der Waals surface area contributed by atoms with E-state index in [0.717, 1.165) is 6.42 Å². The topological polar surface area (TPSA) is 50.1 Å². The minimum atomic E-state index is -0.0118. The van der Waals surface area contributed by atoms with Gasteiger partial charge in [0.2, 0.25) is 0 Å². The lowest BCUT2D eigenvalue weighted by Crippen LogP contribution is -2.27. The lowest BCUT2D eigenvalue weighted by Gasteiger charge is -2.28. The van der Waals surface area contributed by atoms with E-state index in [-0.39, 0.29) is 18.5 Å². The van der Waals surface area contributed by atoms with Gasteiger partial charge in [0.05, 0.1) is 17.7 Å². The molecule has 0 spiro atoms. The van der Waals surface area contributed by atoms with E-state index < -0.39 is 0 Å². The molecule has 1 saturated carbocycles. The molecule has 1 aliphatic rings. The summed E-state index contributed by atoms with van der Waals surface area (Å²) in [5.41, 5.74) is 1.18. The van der Waals surface area contributed by atoms with E-state index in [1.165, 1.54) is 19.3 Å². The Bertz CT molecular complexity index is 473. The van der Waals surface area contributed by atoms with E-state index in [1.54, 1.807) is 24.3 Å². The normalized spacial score (nSPS) is 22.7. The van der Waals surface area contributed by atoms with Crippen LogP contribution >= 0.6 is 0 Å². The quantitative estimate of drug-likeness (QED) is 0.777. The van der Waals surface area contributed by atoms with Crippen molar-refractivity contribution in [1.29, 1.82) is 5.26 Å². The molecule has 19 heavy (non-hydrogen) atoms. The van der Waals surface area contributed by atoms with Crippen molar-refractivity contribution in [3.63, 3.8) is 0 Å². The number of nitrogens with zero attached hydrogens (tertiary/aromatic N) is 1. The molecule has 0 aromatic heterocycles. The van der Waals surface area contributed by atoms with Crippen LogP contribution in [-0.2, 0) is 4.74 Å². The van der Waals surface area contributed by atoms with E-state index in [1.807, 2.05) is 6.07 Å². The number of Topliss-reactive ketones (excluding diaryl/α,β-unsaturated/α-hetero) is 1. The second-order valence-corrected chi connectivity index (χ2v) is 5.22. The first-order valence-electron chi connectivity index (χ1n) is 6.85. The van der Waals surface area contributed by atoms with Gasteiger partial charge in [-0.05, 0) is 30.9 Å². The Kier molecular flexibility index (Phi) is 4.70. The van der Waals surface area contributed by atoms with Crippen LogP contribution in [0.3, 0.4) is 0 Å². The first kappa shape index (κ1) is 13.8. The number of ether oxygens (including phenoxy) is 1. The number of nitriles is 1. The molecule has 0 N–H and O–H groups in total. The molecular weight excluding hydrogens is 238 g/mol. The molecular formula is C16H19NO2. The molecule has 3 nitrogen and oxygen atoms in total. The van der Waals surface area contributed by atoms with Gasteiger partial charge in [-0.1, -0.05) is 31.9 Å². The van der Waals surface area contributed by atoms with Crippen molar-refractivity contribution in [2.75, 3.05) is 6.61 Å². The molecule has 0 heterocycles. The Morgan fingerprint density at radius 3 is 2.63 bits per heavy atom. The summed E-state index contributed by atoms with van der Waals surface area (Å²) < 4.78 is 5.75. The average molecular weight is 257 g/mol. The zero-order valence-corrected chi connectivity index (χ0v) is 11.3. The number of benzene rings is 1. The van der Waals surface area contributed by atoms with Crippen LogP contribution in [-0.4, -0.2) is 18.5 Å². The molecule has 0 saturated heterocycles. The molecule has 0 amide bonds. The lowest BCUT2D eigenvalue weighted by molar-refractivity contribution is 0.000750. The molecule has 2 unspecified atom stereocenters. The van der Waals surface area contributed by atoms with Gasteiger partial charge in [-0.15, -0.1) is 0 Å².